The molecule has 0 saturated carbocycles. The largest absolute Gasteiger partial charge is 0.394 e. The monoisotopic (exact) mass is 281 g/mol. The molecular formula is C10H11N5O3S. The molecule has 2 aromatic heterocycles. The summed E-state index contributed by atoms with van der Waals surface area (Å²) >= 11 is 5.12. The molecule has 0 spiro atoms. The number of nitrogens with one attached hydrogen (secondary N) is 1. The molecule has 0 aromatic carbocycles. The van der Waals surface area contributed by atoms with Gasteiger partial charge >= 0.3 is 0 Å². The highest BCUT2D eigenvalue weighted by Crippen LogP contribution is 2.45. The third-order valence-corrected chi connectivity index (χ3v) is 3.73. The number of nitrogens with two attached hydrogens (primary N) is 1. The number of nitrogen functional groups attached to an aromatic ring is 1. The van der Waals surface area contributed by atoms with Crippen LogP contribution in [-0.2, 0) is 9.47 Å². The summed E-state index contributed by atoms with van der Waals surface area (Å²) in [5.74, 6) is 0.226. The van der Waals surface area contributed by atoms with Gasteiger partial charge in [-0.1, -0.05) is 12.2 Å². The summed E-state index contributed by atoms with van der Waals surface area (Å²) in [7, 11) is 0. The number of fused-ring (bicyclic) bond motifs is 2. The lowest BCUT2D eigenvalue weighted by atomic mass is 10.2. The van der Waals surface area contributed by atoms with E-state index < -0.39 is 0 Å². The SMILES string of the molecule is Nc1nc(=S)c2ncn([C@@H]3O[C@@H](CO)[C@@H]4O[C@H]43)c2[nH]1. The molecule has 2 saturated heterocycles. The molecule has 2 aliphatic heterocycles. The van der Waals surface area contributed by atoms with Crippen LogP contribution in [0.4, 0.5) is 5.95 Å². The molecule has 0 radical (unpaired) electrons. The second-order valence-electron chi connectivity index (χ2n) is 4.59. The van der Waals surface area contributed by atoms with Crippen LogP contribution in [0.15, 0.2) is 6.33 Å². The highest BCUT2D eigenvalue weighted by atomic mass is 32.1. The van der Waals surface area contributed by atoms with E-state index in [2.05, 4.69) is 15.0 Å². The maximum absolute atomic E-state index is 9.20. The smallest absolute Gasteiger partial charge is 0.200 e. The van der Waals surface area contributed by atoms with Crippen molar-refractivity contribution in [2.45, 2.75) is 24.5 Å². The summed E-state index contributed by atoms with van der Waals surface area (Å²) in [6.07, 6.45) is 0.871. The van der Waals surface area contributed by atoms with Crippen molar-refractivity contribution in [2.24, 2.45) is 0 Å². The second kappa shape index (κ2) is 3.73. The van der Waals surface area contributed by atoms with Crippen molar-refractivity contribution in [1.29, 1.82) is 0 Å². The van der Waals surface area contributed by atoms with Gasteiger partial charge in [-0.05, 0) is 0 Å². The molecule has 4 rings (SSSR count). The zero-order chi connectivity index (χ0) is 13.1. The van der Waals surface area contributed by atoms with Crippen LogP contribution >= 0.6 is 12.2 Å². The molecule has 0 bridgehead atoms. The standard InChI is InChI=1S/C10H11N5O3S/c11-10-13-7-4(8(19)14-10)12-2-15(7)9-6-5(18-6)3(1-16)17-9/h2-3,5-6,9,16H,1H2,(H3,11,13,14,19)/t3-,5-,6+,9+/m0/s1. The molecule has 8 nitrogen and oxygen atoms in total. The molecule has 2 fully saturated rings. The number of epoxide rings is 1. The van der Waals surface area contributed by atoms with Gasteiger partial charge in [0.2, 0.25) is 0 Å². The highest BCUT2D eigenvalue weighted by molar-refractivity contribution is 7.71. The van der Waals surface area contributed by atoms with Crippen molar-refractivity contribution < 1.29 is 14.6 Å². The fraction of sp³-hybridized carbons (Fsp3) is 0.500. The quantitative estimate of drug-likeness (QED) is 0.512. The number of imidazole rings is 1. The Bertz CT molecular complexity index is 713. The molecule has 0 unspecified atom stereocenters. The van der Waals surface area contributed by atoms with E-state index >= 15 is 0 Å². The number of nitrogens with zero attached hydrogens (tertiary/aromatic N) is 3. The molecule has 4 N–H and O–H groups in total. The van der Waals surface area contributed by atoms with Gasteiger partial charge in [-0.25, -0.2) is 9.97 Å². The van der Waals surface area contributed by atoms with Crippen LogP contribution in [-0.4, -0.2) is 49.5 Å². The van der Waals surface area contributed by atoms with Gasteiger partial charge in [0.1, 0.15) is 29.5 Å². The maximum atomic E-state index is 9.20. The lowest BCUT2D eigenvalue weighted by Gasteiger charge is -2.17. The van der Waals surface area contributed by atoms with Gasteiger partial charge in [-0.2, -0.15) is 0 Å². The van der Waals surface area contributed by atoms with E-state index in [4.69, 9.17) is 27.4 Å². The molecule has 0 amide bonds. The van der Waals surface area contributed by atoms with E-state index in [0.717, 1.165) is 0 Å². The number of aromatic nitrogens is 4. The van der Waals surface area contributed by atoms with Crippen molar-refractivity contribution in [3.8, 4) is 0 Å². The van der Waals surface area contributed by atoms with Gasteiger partial charge in [0, 0.05) is 0 Å². The number of H-pyrrole nitrogens is 1. The molecule has 9 heteroatoms. The Balaban J connectivity index is 1.82. The Morgan fingerprint density at radius 2 is 2.32 bits per heavy atom. The summed E-state index contributed by atoms with van der Waals surface area (Å²) in [4.78, 5) is 11.1. The van der Waals surface area contributed by atoms with Crippen LogP contribution in [0.2, 0.25) is 0 Å². The van der Waals surface area contributed by atoms with E-state index in [9.17, 15) is 5.11 Å². The number of rotatable bonds is 2. The van der Waals surface area contributed by atoms with Crippen molar-refractivity contribution in [3.05, 3.63) is 11.0 Å². The van der Waals surface area contributed by atoms with Crippen molar-refractivity contribution in [3.63, 3.8) is 0 Å². The zero-order valence-electron chi connectivity index (χ0n) is 9.68. The van der Waals surface area contributed by atoms with E-state index in [1.54, 1.807) is 10.9 Å². The molecule has 0 aliphatic carbocycles. The highest BCUT2D eigenvalue weighted by Gasteiger charge is 2.58. The minimum absolute atomic E-state index is 0.0467. The van der Waals surface area contributed by atoms with Crippen LogP contribution in [0.5, 0.6) is 0 Å². The third-order valence-electron chi connectivity index (χ3n) is 3.44. The second-order valence-corrected chi connectivity index (χ2v) is 4.98. The molecule has 2 aromatic rings. The first kappa shape index (κ1) is 11.3. The van der Waals surface area contributed by atoms with E-state index in [-0.39, 0.29) is 37.1 Å². The van der Waals surface area contributed by atoms with Crippen LogP contribution in [0.1, 0.15) is 6.23 Å². The molecular weight excluding hydrogens is 270 g/mol. The van der Waals surface area contributed by atoms with Crippen LogP contribution in [0, 0.1) is 4.64 Å². The van der Waals surface area contributed by atoms with Gasteiger partial charge in [0.15, 0.2) is 16.8 Å². The number of hydrogen-bond acceptors (Lipinski definition) is 7. The average molecular weight is 281 g/mol. The molecule has 4 atom stereocenters. The van der Waals surface area contributed by atoms with Crippen LogP contribution < -0.4 is 5.73 Å². The predicted molar refractivity (Wildman–Crippen MR) is 66.8 cm³/mol. The molecule has 2 aliphatic rings. The Morgan fingerprint density at radius 1 is 1.47 bits per heavy atom. The van der Waals surface area contributed by atoms with Crippen LogP contribution in [0.3, 0.4) is 0 Å². The Morgan fingerprint density at radius 3 is 3.05 bits per heavy atom. The number of aromatic amines is 1. The first-order chi connectivity index (χ1) is 9.19. The third kappa shape index (κ3) is 1.53. The fourth-order valence-electron chi connectivity index (χ4n) is 2.52. The summed E-state index contributed by atoms with van der Waals surface area (Å²) in [6, 6.07) is 0. The number of hydrogen-bond donors (Lipinski definition) is 3. The number of ether oxygens (including phenoxy) is 2. The summed E-state index contributed by atoms with van der Waals surface area (Å²) in [6.45, 7) is -0.0655. The molecule has 19 heavy (non-hydrogen) atoms. The van der Waals surface area contributed by atoms with Crippen molar-refractivity contribution in [1.82, 2.24) is 19.5 Å². The van der Waals surface area contributed by atoms with Gasteiger partial charge in [-0.3, -0.25) is 4.57 Å². The topological polar surface area (TPSA) is 115 Å². The first-order valence-corrected chi connectivity index (χ1v) is 6.24. The zero-order valence-corrected chi connectivity index (χ0v) is 10.5. The first-order valence-electron chi connectivity index (χ1n) is 5.83. The lowest BCUT2D eigenvalue weighted by Crippen LogP contribution is -2.22. The fourth-order valence-corrected chi connectivity index (χ4v) is 2.76. The Kier molecular flexibility index (Phi) is 2.22. The number of aliphatic hydroxyl groups is 1. The predicted octanol–water partition coefficient (Wildman–Crippen LogP) is -0.272. The van der Waals surface area contributed by atoms with Gasteiger partial charge in [0.05, 0.1) is 12.9 Å². The molecule has 100 valence electrons. The summed E-state index contributed by atoms with van der Waals surface area (Å²) in [5.41, 5.74) is 6.88. The minimum atomic E-state index is -0.334. The van der Waals surface area contributed by atoms with Crippen molar-refractivity contribution >= 4 is 29.3 Å². The number of anilines is 1. The van der Waals surface area contributed by atoms with Gasteiger partial charge in [0.25, 0.3) is 0 Å². The van der Waals surface area contributed by atoms with Crippen LogP contribution in [0.25, 0.3) is 11.2 Å². The molecule has 4 heterocycles. The van der Waals surface area contributed by atoms with E-state index in [0.29, 0.717) is 15.8 Å². The normalized spacial score (nSPS) is 32.7. The van der Waals surface area contributed by atoms with Crippen molar-refractivity contribution in [2.75, 3.05) is 12.3 Å². The Hall–Kier alpha value is -1.55. The maximum Gasteiger partial charge on any atom is 0.200 e. The summed E-state index contributed by atoms with van der Waals surface area (Å²) in [5, 5.41) is 9.20. The number of aliphatic hydroxyl groups excluding tert-OH is 1. The van der Waals surface area contributed by atoms with E-state index in [1.165, 1.54) is 0 Å². The van der Waals surface area contributed by atoms with E-state index in [1.807, 2.05) is 0 Å². The minimum Gasteiger partial charge on any atom is -0.394 e. The van der Waals surface area contributed by atoms with Gasteiger partial charge < -0.3 is 25.3 Å². The Labute approximate surface area is 112 Å². The lowest BCUT2D eigenvalue weighted by molar-refractivity contribution is -0.0823. The van der Waals surface area contributed by atoms with Gasteiger partial charge in [-0.15, -0.1) is 0 Å². The summed E-state index contributed by atoms with van der Waals surface area (Å²) < 4.78 is 13.3. The average Bonchev–Trinajstić information content (AvgIpc) is 2.91.